The Hall–Kier alpha value is -1.57. The maximum absolute atomic E-state index is 11.0. The molecule has 2 heteroatoms. The first kappa shape index (κ1) is 11.5. The van der Waals surface area contributed by atoms with Gasteiger partial charge in [0, 0.05) is 0 Å². The van der Waals surface area contributed by atoms with Crippen LogP contribution in [-0.4, -0.2) is 11.1 Å². The lowest BCUT2D eigenvalue weighted by Crippen LogP contribution is -2.03. The highest BCUT2D eigenvalue weighted by molar-refractivity contribution is 5.89. The molecule has 1 rings (SSSR count). The lowest BCUT2D eigenvalue weighted by atomic mass is 9.99. The summed E-state index contributed by atoms with van der Waals surface area (Å²) in [6.07, 6.45) is 5.75. The summed E-state index contributed by atoms with van der Waals surface area (Å²) in [5, 5.41) is 9.02. The number of aromatic carboxylic acids is 1. The van der Waals surface area contributed by atoms with E-state index in [9.17, 15) is 4.79 Å². The molecule has 0 aliphatic rings. The molecular weight excluding hydrogens is 188 g/mol. The number of hydrogen-bond donors (Lipinski definition) is 1. The highest BCUT2D eigenvalue weighted by Gasteiger charge is 2.09. The molecule has 0 bridgehead atoms. The second-order valence-electron chi connectivity index (χ2n) is 3.49. The first-order valence-electron chi connectivity index (χ1n) is 5.13. The minimum absolute atomic E-state index is 0.413. The van der Waals surface area contributed by atoms with Gasteiger partial charge in [0.25, 0.3) is 0 Å². The molecule has 0 saturated heterocycles. The second kappa shape index (κ2) is 5.35. The van der Waals surface area contributed by atoms with Gasteiger partial charge >= 0.3 is 5.97 Å². The number of carboxylic acids is 1. The molecule has 0 aromatic heterocycles. The third-order valence-corrected chi connectivity index (χ3v) is 2.36. The fourth-order valence-corrected chi connectivity index (χ4v) is 1.54. The van der Waals surface area contributed by atoms with Crippen molar-refractivity contribution in [2.75, 3.05) is 0 Å². The van der Waals surface area contributed by atoms with Crippen LogP contribution >= 0.6 is 0 Å². The average molecular weight is 204 g/mol. The Kier molecular flexibility index (Phi) is 4.10. The van der Waals surface area contributed by atoms with E-state index in [0.717, 1.165) is 17.5 Å². The number of benzene rings is 1. The van der Waals surface area contributed by atoms with Crippen LogP contribution in [0.5, 0.6) is 0 Å². The van der Waals surface area contributed by atoms with Crippen molar-refractivity contribution in [2.24, 2.45) is 0 Å². The molecule has 0 spiro atoms. The summed E-state index contributed by atoms with van der Waals surface area (Å²) < 4.78 is 0. The molecule has 0 unspecified atom stereocenters. The van der Waals surface area contributed by atoms with Crippen LogP contribution in [0, 0.1) is 6.92 Å². The largest absolute Gasteiger partial charge is 0.478 e. The number of aryl methyl sites for hydroxylation is 1. The standard InChI is InChI=1S/C13H16O2/c1-3-4-5-8-11-10(2)7-6-9-12(11)13(14)15/h4-7,9H,3,8H2,1-2H3,(H,14,15). The van der Waals surface area contributed by atoms with Gasteiger partial charge in [-0.2, -0.15) is 0 Å². The zero-order chi connectivity index (χ0) is 11.3. The van der Waals surface area contributed by atoms with Gasteiger partial charge in [-0.05, 0) is 37.0 Å². The third kappa shape index (κ3) is 2.94. The van der Waals surface area contributed by atoms with E-state index in [-0.39, 0.29) is 0 Å². The van der Waals surface area contributed by atoms with Gasteiger partial charge in [-0.3, -0.25) is 0 Å². The minimum atomic E-state index is -0.849. The Morgan fingerprint density at radius 3 is 2.73 bits per heavy atom. The quantitative estimate of drug-likeness (QED) is 0.765. The molecule has 0 fully saturated rings. The zero-order valence-electron chi connectivity index (χ0n) is 9.16. The number of hydrogen-bond acceptors (Lipinski definition) is 1. The molecule has 15 heavy (non-hydrogen) atoms. The molecule has 80 valence electrons. The number of allylic oxidation sites excluding steroid dienone is 2. The third-order valence-electron chi connectivity index (χ3n) is 2.36. The van der Waals surface area contributed by atoms with Gasteiger partial charge in [0.05, 0.1) is 5.56 Å². The van der Waals surface area contributed by atoms with E-state index >= 15 is 0 Å². The van der Waals surface area contributed by atoms with Crippen LogP contribution in [0.25, 0.3) is 0 Å². The molecule has 1 N–H and O–H groups in total. The molecule has 0 heterocycles. The van der Waals surface area contributed by atoms with Gasteiger partial charge in [-0.1, -0.05) is 31.2 Å². The Morgan fingerprint density at radius 2 is 2.13 bits per heavy atom. The van der Waals surface area contributed by atoms with E-state index in [1.54, 1.807) is 12.1 Å². The molecule has 0 aliphatic carbocycles. The van der Waals surface area contributed by atoms with E-state index in [4.69, 9.17) is 5.11 Å². The molecule has 1 aromatic rings. The molecule has 2 nitrogen and oxygen atoms in total. The van der Waals surface area contributed by atoms with Gasteiger partial charge < -0.3 is 5.11 Å². The second-order valence-corrected chi connectivity index (χ2v) is 3.49. The molecule has 0 aliphatic heterocycles. The molecule has 0 radical (unpaired) electrons. The smallest absolute Gasteiger partial charge is 0.335 e. The lowest BCUT2D eigenvalue weighted by Gasteiger charge is -2.06. The Balaban J connectivity index is 3.02. The fourth-order valence-electron chi connectivity index (χ4n) is 1.54. The van der Waals surface area contributed by atoms with Crippen molar-refractivity contribution >= 4 is 5.97 Å². The summed E-state index contributed by atoms with van der Waals surface area (Å²) in [5.74, 6) is -0.849. The van der Waals surface area contributed by atoms with Crippen LogP contribution < -0.4 is 0 Å². The highest BCUT2D eigenvalue weighted by atomic mass is 16.4. The summed E-state index contributed by atoms with van der Waals surface area (Å²) in [6, 6.07) is 5.39. The number of carbonyl (C=O) groups is 1. The van der Waals surface area contributed by atoms with Crippen LogP contribution in [-0.2, 0) is 6.42 Å². The predicted octanol–water partition coefficient (Wildman–Crippen LogP) is 3.20. The normalized spacial score (nSPS) is 10.8. The summed E-state index contributed by atoms with van der Waals surface area (Å²) in [7, 11) is 0. The Bertz CT molecular complexity index is 378. The first-order valence-corrected chi connectivity index (χ1v) is 5.13. The van der Waals surface area contributed by atoms with Crippen molar-refractivity contribution in [1.29, 1.82) is 0 Å². The topological polar surface area (TPSA) is 37.3 Å². The molecule has 0 saturated carbocycles. The first-order chi connectivity index (χ1) is 7.16. The maximum Gasteiger partial charge on any atom is 0.335 e. The van der Waals surface area contributed by atoms with Crippen LogP contribution in [0.3, 0.4) is 0 Å². The van der Waals surface area contributed by atoms with Crippen molar-refractivity contribution in [2.45, 2.75) is 26.7 Å². The monoisotopic (exact) mass is 204 g/mol. The summed E-state index contributed by atoms with van der Waals surface area (Å²) in [4.78, 5) is 11.0. The number of carboxylic acid groups (broad SMARTS) is 1. The van der Waals surface area contributed by atoms with E-state index in [1.807, 2.05) is 19.1 Å². The Labute approximate surface area is 90.3 Å². The zero-order valence-corrected chi connectivity index (χ0v) is 9.16. The van der Waals surface area contributed by atoms with Gasteiger partial charge in [-0.15, -0.1) is 0 Å². The van der Waals surface area contributed by atoms with Gasteiger partial charge in [-0.25, -0.2) is 4.79 Å². The summed E-state index contributed by atoms with van der Waals surface area (Å²) in [5.41, 5.74) is 2.36. The molecular formula is C13H16O2. The van der Waals surface area contributed by atoms with E-state index in [1.165, 1.54) is 0 Å². The molecule has 0 atom stereocenters. The SMILES string of the molecule is CCC=CCc1c(C)cccc1C(=O)O. The highest BCUT2D eigenvalue weighted by Crippen LogP contribution is 2.15. The van der Waals surface area contributed by atoms with Crippen molar-refractivity contribution < 1.29 is 9.90 Å². The van der Waals surface area contributed by atoms with E-state index in [2.05, 4.69) is 13.0 Å². The fraction of sp³-hybridized carbons (Fsp3) is 0.308. The summed E-state index contributed by atoms with van der Waals surface area (Å²) in [6.45, 7) is 4.01. The number of rotatable bonds is 4. The van der Waals surface area contributed by atoms with Crippen molar-refractivity contribution in [3.63, 3.8) is 0 Å². The van der Waals surface area contributed by atoms with E-state index in [0.29, 0.717) is 12.0 Å². The van der Waals surface area contributed by atoms with Crippen LogP contribution in [0.4, 0.5) is 0 Å². The maximum atomic E-state index is 11.0. The van der Waals surface area contributed by atoms with Gasteiger partial charge in [0.15, 0.2) is 0 Å². The van der Waals surface area contributed by atoms with E-state index < -0.39 is 5.97 Å². The minimum Gasteiger partial charge on any atom is -0.478 e. The molecule has 1 aromatic carbocycles. The predicted molar refractivity (Wildman–Crippen MR) is 61.3 cm³/mol. The molecule has 0 amide bonds. The van der Waals surface area contributed by atoms with Crippen molar-refractivity contribution in [3.05, 3.63) is 47.0 Å². The van der Waals surface area contributed by atoms with Crippen LogP contribution in [0.1, 0.15) is 34.8 Å². The van der Waals surface area contributed by atoms with Gasteiger partial charge in [0.2, 0.25) is 0 Å². The van der Waals surface area contributed by atoms with Crippen molar-refractivity contribution in [3.8, 4) is 0 Å². The van der Waals surface area contributed by atoms with Gasteiger partial charge in [0.1, 0.15) is 0 Å². The van der Waals surface area contributed by atoms with Crippen molar-refractivity contribution in [1.82, 2.24) is 0 Å². The average Bonchev–Trinajstić information content (AvgIpc) is 2.20. The lowest BCUT2D eigenvalue weighted by molar-refractivity contribution is 0.0695. The van der Waals surface area contributed by atoms with Crippen LogP contribution in [0.2, 0.25) is 0 Å². The summed E-state index contributed by atoms with van der Waals surface area (Å²) >= 11 is 0. The van der Waals surface area contributed by atoms with Crippen LogP contribution in [0.15, 0.2) is 30.4 Å². The Morgan fingerprint density at radius 1 is 1.40 bits per heavy atom.